The fourth-order valence-corrected chi connectivity index (χ4v) is 5.34. The smallest absolute Gasteiger partial charge is 0.182 e. The van der Waals surface area contributed by atoms with Crippen molar-refractivity contribution in [1.82, 2.24) is 30.1 Å². The van der Waals surface area contributed by atoms with Gasteiger partial charge in [-0.1, -0.05) is 12.1 Å². The summed E-state index contributed by atoms with van der Waals surface area (Å²) in [4.78, 5) is 18.5. The quantitative estimate of drug-likeness (QED) is 0.418. The van der Waals surface area contributed by atoms with Crippen LogP contribution in [0.2, 0.25) is 0 Å². The van der Waals surface area contributed by atoms with Gasteiger partial charge >= 0.3 is 0 Å². The lowest BCUT2D eigenvalue weighted by Gasteiger charge is -2.31. The number of H-pyrrole nitrogens is 2. The summed E-state index contributed by atoms with van der Waals surface area (Å²) in [5.41, 5.74) is 4.73. The molecule has 6 rings (SSSR count). The van der Waals surface area contributed by atoms with E-state index in [1.54, 1.807) is 18.9 Å². The Morgan fingerprint density at radius 1 is 1.15 bits per heavy atom. The summed E-state index contributed by atoms with van der Waals surface area (Å²) in [7, 11) is 0. The van der Waals surface area contributed by atoms with Crippen molar-refractivity contribution < 1.29 is 9.84 Å². The van der Waals surface area contributed by atoms with Crippen molar-refractivity contribution >= 4 is 17.0 Å². The lowest BCUT2D eigenvalue weighted by atomic mass is 9.79. The molecular formula is C24H27N7O2. The molecule has 0 saturated carbocycles. The van der Waals surface area contributed by atoms with Crippen LogP contribution < -0.4 is 9.64 Å². The number of aromatic amines is 2. The molecule has 0 radical (unpaired) electrons. The number of aliphatic hydroxyl groups is 1. The lowest BCUT2D eigenvalue weighted by molar-refractivity contribution is 0.0920. The maximum absolute atomic E-state index is 11.1. The average Bonchev–Trinajstić information content (AvgIpc) is 3.61. The van der Waals surface area contributed by atoms with E-state index in [9.17, 15) is 5.11 Å². The van der Waals surface area contributed by atoms with E-state index in [1.165, 1.54) is 0 Å². The summed E-state index contributed by atoms with van der Waals surface area (Å²) in [6.07, 6.45) is 9.24. The third-order valence-electron chi connectivity index (χ3n) is 7.02. The third kappa shape index (κ3) is 3.72. The fraction of sp³-hybridized carbons (Fsp3) is 0.417. The Bertz CT molecular complexity index is 1240. The molecule has 0 amide bonds. The molecule has 33 heavy (non-hydrogen) atoms. The fourth-order valence-electron chi connectivity index (χ4n) is 5.34. The van der Waals surface area contributed by atoms with Crippen molar-refractivity contribution in [3.8, 4) is 5.75 Å². The SMILES string of the molecule is OC1c2cccc(OC[C@H]3CCCN3c3ncnc4nc[nH]c34)c2CC[C@H]1Cc1ccn[nH]1. The molecule has 0 spiro atoms. The van der Waals surface area contributed by atoms with Gasteiger partial charge in [-0.3, -0.25) is 5.10 Å². The van der Waals surface area contributed by atoms with Gasteiger partial charge in [0.25, 0.3) is 0 Å². The van der Waals surface area contributed by atoms with E-state index >= 15 is 0 Å². The van der Waals surface area contributed by atoms with E-state index in [1.807, 2.05) is 24.3 Å². The van der Waals surface area contributed by atoms with Gasteiger partial charge < -0.3 is 19.7 Å². The molecule has 1 aromatic carbocycles. The standard InChI is InChI=1S/C24H27N7O2/c32-22-15(11-16-8-9-29-30-16)6-7-18-19(22)4-1-5-20(18)33-12-17-3-2-10-31(17)24-21-23(26-13-25-21)27-14-28-24/h1,4-5,8-9,13-15,17,22,32H,2-3,6-7,10-12H2,(H,29,30)(H,25,26,27,28)/t15-,17+,22?/m0/s1. The minimum Gasteiger partial charge on any atom is -0.491 e. The van der Waals surface area contributed by atoms with Crippen LogP contribution in [0.3, 0.4) is 0 Å². The van der Waals surface area contributed by atoms with Crippen LogP contribution in [-0.2, 0) is 12.8 Å². The van der Waals surface area contributed by atoms with Crippen LogP contribution in [0, 0.1) is 5.92 Å². The summed E-state index contributed by atoms with van der Waals surface area (Å²) in [5, 5.41) is 18.1. The van der Waals surface area contributed by atoms with Gasteiger partial charge in [-0.2, -0.15) is 5.10 Å². The Morgan fingerprint density at radius 2 is 2.12 bits per heavy atom. The van der Waals surface area contributed by atoms with Gasteiger partial charge in [-0.25, -0.2) is 15.0 Å². The molecule has 1 saturated heterocycles. The average molecular weight is 446 g/mol. The van der Waals surface area contributed by atoms with Crippen LogP contribution in [0.15, 0.2) is 43.1 Å². The Balaban J connectivity index is 1.18. The highest BCUT2D eigenvalue weighted by Crippen LogP contribution is 2.40. The van der Waals surface area contributed by atoms with Gasteiger partial charge in [-0.05, 0) is 61.3 Å². The van der Waals surface area contributed by atoms with E-state index < -0.39 is 6.10 Å². The maximum atomic E-state index is 11.1. The maximum Gasteiger partial charge on any atom is 0.182 e. The molecule has 3 N–H and O–H groups in total. The van der Waals surface area contributed by atoms with Gasteiger partial charge in [0.05, 0.1) is 18.5 Å². The zero-order chi connectivity index (χ0) is 22.2. The van der Waals surface area contributed by atoms with Gasteiger partial charge in [0, 0.05) is 18.4 Å². The summed E-state index contributed by atoms with van der Waals surface area (Å²) in [6, 6.07) is 8.25. The number of aliphatic hydroxyl groups excluding tert-OH is 1. The zero-order valence-electron chi connectivity index (χ0n) is 18.3. The molecule has 1 aliphatic carbocycles. The number of hydrogen-bond acceptors (Lipinski definition) is 7. The second-order valence-electron chi connectivity index (χ2n) is 8.95. The van der Waals surface area contributed by atoms with Crippen LogP contribution in [0.1, 0.15) is 42.2 Å². The molecule has 3 aromatic heterocycles. The van der Waals surface area contributed by atoms with E-state index in [-0.39, 0.29) is 12.0 Å². The first-order chi connectivity index (χ1) is 16.3. The van der Waals surface area contributed by atoms with E-state index in [4.69, 9.17) is 4.74 Å². The van der Waals surface area contributed by atoms with Crippen LogP contribution in [0.25, 0.3) is 11.2 Å². The summed E-state index contributed by atoms with van der Waals surface area (Å²) in [6.45, 7) is 1.50. The Morgan fingerprint density at radius 3 is 3.03 bits per heavy atom. The number of nitrogens with one attached hydrogen (secondary N) is 2. The zero-order valence-corrected chi connectivity index (χ0v) is 18.3. The number of hydrogen-bond donors (Lipinski definition) is 3. The largest absolute Gasteiger partial charge is 0.491 e. The van der Waals surface area contributed by atoms with Gasteiger partial charge in [0.2, 0.25) is 0 Å². The molecule has 170 valence electrons. The van der Waals surface area contributed by atoms with E-state index in [0.717, 1.165) is 72.6 Å². The van der Waals surface area contributed by atoms with Crippen LogP contribution in [-0.4, -0.2) is 54.4 Å². The van der Waals surface area contributed by atoms with Crippen molar-refractivity contribution in [1.29, 1.82) is 0 Å². The number of fused-ring (bicyclic) bond motifs is 2. The highest BCUT2D eigenvalue weighted by molar-refractivity contribution is 5.83. The van der Waals surface area contributed by atoms with Gasteiger partial charge in [0.15, 0.2) is 11.5 Å². The Hall–Kier alpha value is -3.46. The number of anilines is 1. The first kappa shape index (κ1) is 20.2. The molecule has 1 fully saturated rings. The van der Waals surface area contributed by atoms with E-state index in [2.05, 4.69) is 35.0 Å². The van der Waals surface area contributed by atoms with E-state index in [0.29, 0.717) is 12.3 Å². The van der Waals surface area contributed by atoms with Crippen molar-refractivity contribution in [2.75, 3.05) is 18.1 Å². The summed E-state index contributed by atoms with van der Waals surface area (Å²) in [5.74, 6) is 1.94. The minimum atomic E-state index is -0.502. The highest BCUT2D eigenvalue weighted by atomic mass is 16.5. The highest BCUT2D eigenvalue weighted by Gasteiger charge is 2.32. The summed E-state index contributed by atoms with van der Waals surface area (Å²) >= 11 is 0. The monoisotopic (exact) mass is 445 g/mol. The van der Waals surface area contributed by atoms with Gasteiger partial charge in [0.1, 0.15) is 24.2 Å². The van der Waals surface area contributed by atoms with Crippen molar-refractivity contribution in [3.05, 3.63) is 59.9 Å². The van der Waals surface area contributed by atoms with Crippen molar-refractivity contribution in [2.24, 2.45) is 5.92 Å². The molecule has 9 heteroatoms. The Kier molecular flexibility index (Phi) is 5.18. The van der Waals surface area contributed by atoms with Gasteiger partial charge in [-0.15, -0.1) is 0 Å². The molecule has 1 aliphatic heterocycles. The number of nitrogens with zero attached hydrogens (tertiary/aromatic N) is 5. The molecular weight excluding hydrogens is 418 g/mol. The molecule has 4 heterocycles. The third-order valence-corrected chi connectivity index (χ3v) is 7.02. The predicted molar refractivity (Wildman–Crippen MR) is 123 cm³/mol. The second kappa shape index (κ2) is 8.47. The first-order valence-corrected chi connectivity index (χ1v) is 11.6. The number of rotatable bonds is 6. The van der Waals surface area contributed by atoms with Crippen molar-refractivity contribution in [3.63, 3.8) is 0 Å². The number of aromatic nitrogens is 6. The first-order valence-electron chi connectivity index (χ1n) is 11.6. The molecule has 0 bridgehead atoms. The number of benzene rings is 1. The topological polar surface area (TPSA) is 116 Å². The summed E-state index contributed by atoms with van der Waals surface area (Å²) < 4.78 is 6.38. The molecule has 3 atom stereocenters. The minimum absolute atomic E-state index is 0.174. The second-order valence-corrected chi connectivity index (χ2v) is 8.95. The van der Waals surface area contributed by atoms with Crippen LogP contribution in [0.4, 0.5) is 5.82 Å². The van der Waals surface area contributed by atoms with Crippen LogP contribution in [0.5, 0.6) is 5.75 Å². The normalized spacial score (nSPS) is 22.6. The van der Waals surface area contributed by atoms with Crippen LogP contribution >= 0.6 is 0 Å². The molecule has 1 unspecified atom stereocenters. The Labute approximate surface area is 191 Å². The number of ether oxygens (including phenoxy) is 1. The molecule has 4 aromatic rings. The lowest BCUT2D eigenvalue weighted by Crippen LogP contribution is -2.35. The molecule has 9 nitrogen and oxygen atoms in total. The van der Waals surface area contributed by atoms with Crippen molar-refractivity contribution in [2.45, 2.75) is 44.2 Å². The predicted octanol–water partition coefficient (Wildman–Crippen LogP) is 2.96. The number of imidazole rings is 1. The molecule has 2 aliphatic rings.